The molecule has 2 aliphatic heterocycles. The van der Waals surface area contributed by atoms with Crippen LogP contribution in [0.25, 0.3) is 0 Å². The lowest BCUT2D eigenvalue weighted by molar-refractivity contribution is -0.0607. The molecular weight excluding hydrogens is 260 g/mol. The van der Waals surface area contributed by atoms with E-state index in [9.17, 15) is 4.79 Å². The summed E-state index contributed by atoms with van der Waals surface area (Å²) in [5.74, 6) is 0.540. The number of likely N-dealkylation sites (tertiary alicyclic amines) is 1. The van der Waals surface area contributed by atoms with E-state index in [-0.39, 0.29) is 5.91 Å². The summed E-state index contributed by atoms with van der Waals surface area (Å²) in [7, 11) is 0. The third-order valence-corrected chi connectivity index (χ3v) is 4.39. The Morgan fingerprint density at radius 1 is 1.47 bits per heavy atom. The van der Waals surface area contributed by atoms with Crippen LogP contribution in [0.4, 0.5) is 0 Å². The van der Waals surface area contributed by atoms with Gasteiger partial charge in [0.15, 0.2) is 0 Å². The molecule has 1 aromatic rings. The molecule has 102 valence electrons. The van der Waals surface area contributed by atoms with Crippen LogP contribution in [0.3, 0.4) is 0 Å². The van der Waals surface area contributed by atoms with Gasteiger partial charge in [-0.15, -0.1) is 0 Å². The van der Waals surface area contributed by atoms with Crippen LogP contribution in [0.2, 0.25) is 0 Å². The van der Waals surface area contributed by atoms with Crippen molar-refractivity contribution in [3.05, 3.63) is 28.5 Å². The van der Waals surface area contributed by atoms with Gasteiger partial charge in [0.2, 0.25) is 0 Å². The molecule has 1 amide bonds. The molecule has 4 nitrogen and oxygen atoms in total. The lowest BCUT2D eigenvalue weighted by atomic mass is 9.88. The zero-order valence-electron chi connectivity index (χ0n) is 10.8. The minimum Gasteiger partial charge on any atom is -0.378 e. The number of aromatic amines is 1. The Labute approximate surface area is 117 Å². The van der Waals surface area contributed by atoms with Crippen LogP contribution in [-0.4, -0.2) is 41.6 Å². The first kappa shape index (κ1) is 12.8. The predicted molar refractivity (Wildman–Crippen MR) is 74.6 cm³/mol. The Balaban J connectivity index is 1.75. The molecule has 5 heteroatoms. The van der Waals surface area contributed by atoms with Crippen molar-refractivity contribution in [2.75, 3.05) is 19.7 Å². The van der Waals surface area contributed by atoms with Crippen LogP contribution in [0.5, 0.6) is 0 Å². The Morgan fingerprint density at radius 3 is 3.21 bits per heavy atom. The normalized spacial score (nSPS) is 26.8. The zero-order valence-corrected chi connectivity index (χ0v) is 11.6. The molecule has 2 atom stereocenters. The summed E-state index contributed by atoms with van der Waals surface area (Å²) in [6.45, 7) is 2.44. The van der Waals surface area contributed by atoms with E-state index in [1.165, 1.54) is 0 Å². The molecule has 0 aliphatic carbocycles. The van der Waals surface area contributed by atoms with Crippen molar-refractivity contribution in [1.29, 1.82) is 0 Å². The van der Waals surface area contributed by atoms with E-state index in [2.05, 4.69) is 4.98 Å². The molecule has 19 heavy (non-hydrogen) atoms. The third-order valence-electron chi connectivity index (χ3n) is 4.05. The minimum absolute atomic E-state index is 0.0471. The standard InChI is InChI=1S/C14H18N2O2S/c17-14(11-4-1-6-15-13(11)19)16-7-5-12-10(9-16)3-2-8-18-12/h1,4,6,10,12H,2-3,5,7-9H2,(H,15,19)/t10-,12+/m1/s1. The molecule has 0 radical (unpaired) electrons. The van der Waals surface area contributed by atoms with E-state index in [1.807, 2.05) is 11.0 Å². The van der Waals surface area contributed by atoms with Crippen molar-refractivity contribution in [2.45, 2.75) is 25.4 Å². The first-order chi connectivity index (χ1) is 9.25. The van der Waals surface area contributed by atoms with Crippen molar-refractivity contribution in [3.63, 3.8) is 0 Å². The quantitative estimate of drug-likeness (QED) is 0.802. The van der Waals surface area contributed by atoms with Gasteiger partial charge < -0.3 is 14.6 Å². The highest BCUT2D eigenvalue weighted by molar-refractivity contribution is 7.71. The molecule has 0 saturated carbocycles. The van der Waals surface area contributed by atoms with Crippen molar-refractivity contribution in [1.82, 2.24) is 9.88 Å². The second-order valence-electron chi connectivity index (χ2n) is 5.26. The van der Waals surface area contributed by atoms with Gasteiger partial charge in [0.25, 0.3) is 5.91 Å². The van der Waals surface area contributed by atoms with Crippen molar-refractivity contribution < 1.29 is 9.53 Å². The van der Waals surface area contributed by atoms with Gasteiger partial charge in [0.1, 0.15) is 4.64 Å². The number of ether oxygens (including phenoxy) is 1. The van der Waals surface area contributed by atoms with Gasteiger partial charge in [-0.25, -0.2) is 0 Å². The fourth-order valence-corrected chi connectivity index (χ4v) is 3.26. The van der Waals surface area contributed by atoms with E-state index in [0.29, 0.717) is 22.2 Å². The van der Waals surface area contributed by atoms with E-state index in [4.69, 9.17) is 17.0 Å². The number of amides is 1. The highest BCUT2D eigenvalue weighted by Gasteiger charge is 2.34. The number of hydrogen-bond donors (Lipinski definition) is 1. The Hall–Kier alpha value is -1.20. The maximum absolute atomic E-state index is 12.5. The summed E-state index contributed by atoms with van der Waals surface area (Å²) in [5.41, 5.74) is 0.604. The van der Waals surface area contributed by atoms with Crippen LogP contribution in [0.1, 0.15) is 29.6 Å². The smallest absolute Gasteiger partial charge is 0.256 e. The highest BCUT2D eigenvalue weighted by atomic mass is 32.1. The predicted octanol–water partition coefficient (Wildman–Crippen LogP) is 2.39. The second kappa shape index (κ2) is 5.43. The van der Waals surface area contributed by atoms with Crippen LogP contribution in [0.15, 0.2) is 18.3 Å². The fraction of sp³-hybridized carbons (Fsp3) is 0.571. The van der Waals surface area contributed by atoms with Crippen molar-refractivity contribution in [2.24, 2.45) is 5.92 Å². The number of hydrogen-bond acceptors (Lipinski definition) is 3. The molecule has 0 spiro atoms. The molecule has 2 aliphatic rings. The van der Waals surface area contributed by atoms with Gasteiger partial charge in [-0.3, -0.25) is 4.79 Å². The van der Waals surface area contributed by atoms with E-state index in [0.717, 1.165) is 39.0 Å². The number of rotatable bonds is 1. The number of aromatic nitrogens is 1. The zero-order chi connectivity index (χ0) is 13.2. The summed E-state index contributed by atoms with van der Waals surface area (Å²) in [6, 6.07) is 3.62. The lowest BCUT2D eigenvalue weighted by Crippen LogP contribution is -2.48. The number of carbonyl (C=O) groups excluding carboxylic acids is 1. The molecule has 3 heterocycles. The second-order valence-corrected chi connectivity index (χ2v) is 5.67. The van der Waals surface area contributed by atoms with Gasteiger partial charge in [-0.2, -0.15) is 0 Å². The van der Waals surface area contributed by atoms with Crippen LogP contribution in [0, 0.1) is 10.6 Å². The monoisotopic (exact) mass is 278 g/mol. The first-order valence-corrected chi connectivity index (χ1v) is 7.25. The van der Waals surface area contributed by atoms with Gasteiger partial charge in [0, 0.05) is 31.8 Å². The molecule has 0 bridgehead atoms. The molecule has 2 saturated heterocycles. The number of fused-ring (bicyclic) bond motifs is 1. The van der Waals surface area contributed by atoms with E-state index >= 15 is 0 Å². The summed E-state index contributed by atoms with van der Waals surface area (Å²) in [6.07, 6.45) is 5.31. The summed E-state index contributed by atoms with van der Waals surface area (Å²) < 4.78 is 6.30. The molecule has 0 unspecified atom stereocenters. The Bertz CT molecular complexity index is 528. The molecule has 1 aromatic heterocycles. The largest absolute Gasteiger partial charge is 0.378 e. The molecule has 3 rings (SSSR count). The maximum Gasteiger partial charge on any atom is 0.256 e. The average molecular weight is 278 g/mol. The van der Waals surface area contributed by atoms with Crippen LogP contribution < -0.4 is 0 Å². The van der Waals surface area contributed by atoms with Crippen LogP contribution >= 0.6 is 12.2 Å². The molecule has 2 fully saturated rings. The number of pyridine rings is 1. The van der Waals surface area contributed by atoms with E-state index in [1.54, 1.807) is 12.3 Å². The Kier molecular flexibility index (Phi) is 3.66. The van der Waals surface area contributed by atoms with E-state index < -0.39 is 0 Å². The average Bonchev–Trinajstić information content (AvgIpc) is 2.46. The number of nitrogens with one attached hydrogen (secondary N) is 1. The Morgan fingerprint density at radius 2 is 2.37 bits per heavy atom. The van der Waals surface area contributed by atoms with Crippen molar-refractivity contribution >= 4 is 18.1 Å². The van der Waals surface area contributed by atoms with Gasteiger partial charge in [-0.1, -0.05) is 12.2 Å². The van der Waals surface area contributed by atoms with Gasteiger partial charge in [0.05, 0.1) is 11.7 Å². The summed E-state index contributed by atoms with van der Waals surface area (Å²) >= 11 is 5.18. The topological polar surface area (TPSA) is 45.3 Å². The lowest BCUT2D eigenvalue weighted by Gasteiger charge is -2.41. The SMILES string of the molecule is O=C(c1ccc[nH]c1=S)N1CC[C@@H]2OCCC[C@@H]2C1. The fourth-order valence-electron chi connectivity index (χ4n) is 3.03. The summed E-state index contributed by atoms with van der Waals surface area (Å²) in [5, 5.41) is 0. The number of H-pyrrole nitrogens is 1. The molecular formula is C14H18N2O2S. The first-order valence-electron chi connectivity index (χ1n) is 6.84. The van der Waals surface area contributed by atoms with Crippen LogP contribution in [-0.2, 0) is 4.74 Å². The van der Waals surface area contributed by atoms with Gasteiger partial charge in [-0.05, 0) is 31.4 Å². The third kappa shape index (κ3) is 2.58. The number of piperidine rings is 1. The number of nitrogens with zero attached hydrogens (tertiary/aromatic N) is 1. The number of carbonyl (C=O) groups is 1. The van der Waals surface area contributed by atoms with Crippen molar-refractivity contribution in [3.8, 4) is 0 Å². The minimum atomic E-state index is 0.0471. The highest BCUT2D eigenvalue weighted by Crippen LogP contribution is 2.28. The molecule has 1 N–H and O–H groups in total. The van der Waals surface area contributed by atoms with Gasteiger partial charge >= 0.3 is 0 Å². The maximum atomic E-state index is 12.5. The summed E-state index contributed by atoms with van der Waals surface area (Å²) in [4.78, 5) is 17.3. The molecule has 0 aromatic carbocycles.